The highest BCUT2D eigenvalue weighted by molar-refractivity contribution is 7.14. The van der Waals surface area contributed by atoms with E-state index in [2.05, 4.69) is 24.3 Å². The van der Waals surface area contributed by atoms with Crippen molar-refractivity contribution in [1.82, 2.24) is 4.90 Å². The number of carbonyl (C=O) groups is 2. The summed E-state index contributed by atoms with van der Waals surface area (Å²) < 4.78 is 5.72. The third kappa shape index (κ3) is 3.09. The minimum atomic E-state index is -0.919. The third-order valence-corrected chi connectivity index (χ3v) is 6.84. The van der Waals surface area contributed by atoms with Gasteiger partial charge in [-0.1, -0.05) is 48.5 Å². The molecule has 5 rings (SSSR count). The molecule has 2 aromatic carbocycles. The molecule has 0 unspecified atom stereocenters. The van der Waals surface area contributed by atoms with Crippen LogP contribution in [0, 0.1) is 0 Å². The number of carboxylic acid groups (broad SMARTS) is 1. The zero-order valence-corrected chi connectivity index (χ0v) is 16.4. The van der Waals surface area contributed by atoms with Crippen molar-refractivity contribution in [3.8, 4) is 11.1 Å². The lowest BCUT2D eigenvalue weighted by Crippen LogP contribution is -2.36. The lowest BCUT2D eigenvalue weighted by atomic mass is 9.98. The SMILES string of the molecule is O=C(O)c1cc2c(s1)CN(C(=O)OCC1c3ccccc3-c3ccccc31)CC2. The number of carboxylic acids is 1. The molecular formula is C23H19NO4S. The minimum Gasteiger partial charge on any atom is -0.477 e. The van der Waals surface area contributed by atoms with E-state index in [1.54, 1.807) is 11.0 Å². The molecule has 3 aromatic rings. The molecular weight excluding hydrogens is 386 g/mol. The van der Waals surface area contributed by atoms with Gasteiger partial charge in [0.15, 0.2) is 0 Å². The number of amides is 1. The van der Waals surface area contributed by atoms with Gasteiger partial charge >= 0.3 is 12.1 Å². The fourth-order valence-electron chi connectivity index (χ4n) is 4.27. The molecule has 0 saturated carbocycles. The first kappa shape index (κ1) is 17.9. The number of ether oxygens (including phenoxy) is 1. The Labute approximate surface area is 172 Å². The van der Waals surface area contributed by atoms with Crippen molar-refractivity contribution in [3.05, 3.63) is 81.0 Å². The largest absolute Gasteiger partial charge is 0.477 e. The Hall–Kier alpha value is -3.12. The summed E-state index contributed by atoms with van der Waals surface area (Å²) in [5.74, 6) is -0.885. The van der Waals surface area contributed by atoms with E-state index in [0.717, 1.165) is 10.4 Å². The van der Waals surface area contributed by atoms with E-state index in [0.29, 0.717) is 31.0 Å². The molecule has 146 valence electrons. The predicted octanol–water partition coefficient (Wildman–Crippen LogP) is 4.75. The van der Waals surface area contributed by atoms with Crippen molar-refractivity contribution in [3.63, 3.8) is 0 Å². The molecule has 1 aliphatic heterocycles. The number of benzene rings is 2. The Morgan fingerprint density at radius 2 is 1.72 bits per heavy atom. The maximum atomic E-state index is 12.7. The van der Waals surface area contributed by atoms with Gasteiger partial charge in [-0.25, -0.2) is 9.59 Å². The fraction of sp³-hybridized carbons (Fsp3) is 0.217. The summed E-state index contributed by atoms with van der Waals surface area (Å²) in [5.41, 5.74) is 5.80. The summed E-state index contributed by atoms with van der Waals surface area (Å²) in [5, 5.41) is 9.18. The Balaban J connectivity index is 1.31. The lowest BCUT2D eigenvalue weighted by Gasteiger charge is -2.26. The maximum absolute atomic E-state index is 12.7. The van der Waals surface area contributed by atoms with Gasteiger partial charge in [0.05, 0.1) is 6.54 Å². The molecule has 0 saturated heterocycles. The van der Waals surface area contributed by atoms with Crippen molar-refractivity contribution in [2.75, 3.05) is 13.2 Å². The Bertz CT molecular complexity index is 1070. The topological polar surface area (TPSA) is 66.8 Å². The average Bonchev–Trinajstić information content (AvgIpc) is 3.31. The van der Waals surface area contributed by atoms with E-state index >= 15 is 0 Å². The van der Waals surface area contributed by atoms with Crippen LogP contribution in [0.3, 0.4) is 0 Å². The Morgan fingerprint density at radius 1 is 1.07 bits per heavy atom. The number of aromatic carboxylic acids is 1. The fourth-order valence-corrected chi connectivity index (χ4v) is 5.33. The predicted molar refractivity (Wildman–Crippen MR) is 110 cm³/mol. The molecule has 2 aliphatic rings. The summed E-state index contributed by atoms with van der Waals surface area (Å²) in [6.45, 7) is 1.24. The molecule has 0 radical (unpaired) electrons. The van der Waals surface area contributed by atoms with Crippen LogP contribution >= 0.6 is 11.3 Å². The number of hydrogen-bond acceptors (Lipinski definition) is 4. The Morgan fingerprint density at radius 3 is 2.38 bits per heavy atom. The van der Waals surface area contributed by atoms with E-state index in [-0.39, 0.29) is 12.0 Å². The molecule has 0 bridgehead atoms. The van der Waals surface area contributed by atoms with Crippen LogP contribution in [-0.4, -0.2) is 35.2 Å². The molecule has 2 heterocycles. The minimum absolute atomic E-state index is 0.0343. The van der Waals surface area contributed by atoms with E-state index in [4.69, 9.17) is 4.74 Å². The second kappa shape index (κ2) is 7.04. The number of fused-ring (bicyclic) bond motifs is 4. The van der Waals surface area contributed by atoms with Crippen LogP contribution in [0.1, 0.15) is 37.2 Å². The molecule has 1 aromatic heterocycles. The van der Waals surface area contributed by atoms with Crippen LogP contribution in [0.5, 0.6) is 0 Å². The van der Waals surface area contributed by atoms with Crippen molar-refractivity contribution in [2.24, 2.45) is 0 Å². The molecule has 1 aliphatic carbocycles. The van der Waals surface area contributed by atoms with E-state index < -0.39 is 5.97 Å². The molecule has 0 fully saturated rings. The second-order valence-corrected chi connectivity index (χ2v) is 8.48. The van der Waals surface area contributed by atoms with Crippen molar-refractivity contribution in [1.29, 1.82) is 0 Å². The van der Waals surface area contributed by atoms with Gasteiger partial charge in [-0.2, -0.15) is 0 Å². The van der Waals surface area contributed by atoms with E-state index in [1.807, 2.05) is 24.3 Å². The zero-order valence-electron chi connectivity index (χ0n) is 15.6. The summed E-state index contributed by atoms with van der Waals surface area (Å²) in [7, 11) is 0. The molecule has 1 amide bonds. The van der Waals surface area contributed by atoms with Gasteiger partial charge in [0, 0.05) is 17.3 Å². The highest BCUT2D eigenvalue weighted by atomic mass is 32.1. The summed E-state index contributed by atoms with van der Waals surface area (Å²) >= 11 is 1.24. The quantitative estimate of drug-likeness (QED) is 0.683. The van der Waals surface area contributed by atoms with Gasteiger partial charge in [0.25, 0.3) is 0 Å². The lowest BCUT2D eigenvalue weighted by molar-refractivity contribution is 0.0701. The first-order valence-electron chi connectivity index (χ1n) is 9.56. The summed E-state index contributed by atoms with van der Waals surface area (Å²) in [4.78, 5) is 26.8. The van der Waals surface area contributed by atoms with Gasteiger partial charge in [-0.15, -0.1) is 11.3 Å². The number of thiophene rings is 1. The maximum Gasteiger partial charge on any atom is 0.410 e. The van der Waals surface area contributed by atoms with Gasteiger partial charge in [-0.05, 0) is 40.3 Å². The molecule has 0 atom stereocenters. The highest BCUT2D eigenvalue weighted by Crippen LogP contribution is 2.44. The van der Waals surface area contributed by atoms with E-state index in [9.17, 15) is 14.7 Å². The zero-order chi connectivity index (χ0) is 20.0. The normalized spacial score (nSPS) is 14.8. The van der Waals surface area contributed by atoms with Crippen LogP contribution in [0.4, 0.5) is 4.79 Å². The van der Waals surface area contributed by atoms with Crippen LogP contribution in [0.2, 0.25) is 0 Å². The highest BCUT2D eigenvalue weighted by Gasteiger charge is 2.30. The molecule has 29 heavy (non-hydrogen) atoms. The summed E-state index contributed by atoms with van der Waals surface area (Å²) in [6.07, 6.45) is 0.311. The molecule has 5 nitrogen and oxygen atoms in total. The smallest absolute Gasteiger partial charge is 0.410 e. The van der Waals surface area contributed by atoms with Crippen LogP contribution in [-0.2, 0) is 17.7 Å². The van der Waals surface area contributed by atoms with E-state index in [1.165, 1.54) is 33.6 Å². The van der Waals surface area contributed by atoms with Crippen LogP contribution in [0.15, 0.2) is 54.6 Å². The van der Waals surface area contributed by atoms with Gasteiger partial charge in [0.1, 0.15) is 11.5 Å². The van der Waals surface area contributed by atoms with Crippen molar-refractivity contribution in [2.45, 2.75) is 18.9 Å². The third-order valence-electron chi connectivity index (χ3n) is 5.69. The monoisotopic (exact) mass is 405 g/mol. The first-order chi connectivity index (χ1) is 14.1. The molecule has 1 N–H and O–H groups in total. The number of hydrogen-bond donors (Lipinski definition) is 1. The average molecular weight is 405 g/mol. The van der Waals surface area contributed by atoms with Crippen LogP contribution in [0.25, 0.3) is 11.1 Å². The number of carbonyl (C=O) groups excluding carboxylic acids is 1. The Kier molecular flexibility index (Phi) is 4.36. The molecule has 6 heteroatoms. The van der Waals surface area contributed by atoms with Gasteiger partial charge in [0.2, 0.25) is 0 Å². The van der Waals surface area contributed by atoms with Crippen molar-refractivity contribution >= 4 is 23.4 Å². The second-order valence-electron chi connectivity index (χ2n) is 7.34. The van der Waals surface area contributed by atoms with Crippen molar-refractivity contribution < 1.29 is 19.4 Å². The van der Waals surface area contributed by atoms with Gasteiger partial charge in [-0.3, -0.25) is 0 Å². The van der Waals surface area contributed by atoms with Gasteiger partial charge < -0.3 is 14.7 Å². The number of rotatable bonds is 3. The summed E-state index contributed by atoms with van der Waals surface area (Å²) in [6, 6.07) is 18.2. The van der Waals surface area contributed by atoms with Crippen LogP contribution < -0.4 is 0 Å². The molecule has 0 spiro atoms. The standard InChI is InChI=1S/C23H19NO4S/c25-22(26)20-11-14-9-10-24(12-21(14)29-20)23(27)28-13-19-17-7-3-1-5-15(17)16-6-2-4-8-18(16)19/h1-8,11,19H,9-10,12-13H2,(H,25,26). The first-order valence-corrected chi connectivity index (χ1v) is 10.4. The number of nitrogens with zero attached hydrogens (tertiary/aromatic N) is 1.